The van der Waals surface area contributed by atoms with Crippen molar-refractivity contribution in [2.45, 2.75) is 13.5 Å². The Labute approximate surface area is 99.6 Å². The van der Waals surface area contributed by atoms with Crippen LogP contribution in [-0.4, -0.2) is 35.2 Å². The van der Waals surface area contributed by atoms with E-state index in [1.54, 1.807) is 6.92 Å². The Balaban J connectivity index is 2.45. The van der Waals surface area contributed by atoms with Gasteiger partial charge in [-0.2, -0.15) is 0 Å². The number of amides is 1. The molecule has 92 valence electrons. The summed E-state index contributed by atoms with van der Waals surface area (Å²) in [6.45, 7) is 1.81. The van der Waals surface area contributed by atoms with Crippen LogP contribution in [0.3, 0.4) is 0 Å². The van der Waals surface area contributed by atoms with E-state index < -0.39 is 12.1 Å². The Bertz CT molecular complexity index is 377. The fourth-order valence-corrected chi connectivity index (χ4v) is 1.28. The molecular weight excluding hydrogens is 222 g/mol. The lowest BCUT2D eigenvalue weighted by Gasteiger charge is -2.17. The van der Waals surface area contributed by atoms with E-state index in [1.807, 2.05) is 30.3 Å². The lowest BCUT2D eigenvalue weighted by Crippen LogP contribution is -2.35. The molecule has 0 radical (unpaired) electrons. The first-order valence-electron chi connectivity index (χ1n) is 5.31. The predicted octanol–water partition coefficient (Wildman–Crippen LogP) is 1.73. The van der Waals surface area contributed by atoms with Crippen LogP contribution in [0.15, 0.2) is 30.3 Å². The van der Waals surface area contributed by atoms with E-state index >= 15 is 0 Å². The first-order valence-corrected chi connectivity index (χ1v) is 5.31. The first kappa shape index (κ1) is 13.0. The van der Waals surface area contributed by atoms with Gasteiger partial charge in [0.25, 0.3) is 0 Å². The van der Waals surface area contributed by atoms with Gasteiger partial charge in [0.15, 0.2) is 0 Å². The highest BCUT2D eigenvalue weighted by atomic mass is 16.6. The minimum atomic E-state index is -1.05. The molecule has 5 nitrogen and oxygen atoms in total. The highest BCUT2D eigenvalue weighted by molar-refractivity contribution is 5.76. The van der Waals surface area contributed by atoms with Crippen LogP contribution in [0.1, 0.15) is 12.5 Å². The summed E-state index contributed by atoms with van der Waals surface area (Å²) in [7, 11) is 0. The highest BCUT2D eigenvalue weighted by Crippen LogP contribution is 2.03. The number of ether oxygens (including phenoxy) is 1. The molecule has 0 saturated carbocycles. The largest absolute Gasteiger partial charge is 0.480 e. The molecule has 1 N–H and O–H groups in total. The van der Waals surface area contributed by atoms with Gasteiger partial charge in [-0.25, -0.2) is 4.79 Å². The van der Waals surface area contributed by atoms with E-state index in [0.717, 1.165) is 10.5 Å². The molecule has 1 rings (SSSR count). The molecule has 1 aromatic carbocycles. The summed E-state index contributed by atoms with van der Waals surface area (Å²) in [4.78, 5) is 23.2. The zero-order valence-corrected chi connectivity index (χ0v) is 9.63. The number of hydrogen-bond donors (Lipinski definition) is 1. The predicted molar refractivity (Wildman–Crippen MR) is 61.5 cm³/mol. The van der Waals surface area contributed by atoms with Crippen molar-refractivity contribution in [1.82, 2.24) is 4.90 Å². The van der Waals surface area contributed by atoms with Crippen molar-refractivity contribution in [2.75, 3.05) is 13.1 Å². The number of carboxylic acids is 1. The summed E-state index contributed by atoms with van der Waals surface area (Å²) in [5.74, 6) is -1.05. The zero-order chi connectivity index (χ0) is 12.7. The lowest BCUT2D eigenvalue weighted by molar-refractivity contribution is -0.138. The van der Waals surface area contributed by atoms with E-state index in [-0.39, 0.29) is 13.2 Å². The second kappa shape index (κ2) is 6.52. The Morgan fingerprint density at radius 2 is 1.94 bits per heavy atom. The van der Waals surface area contributed by atoms with Gasteiger partial charge in [-0.05, 0) is 12.5 Å². The molecule has 0 unspecified atom stereocenters. The monoisotopic (exact) mass is 237 g/mol. The van der Waals surface area contributed by atoms with Crippen LogP contribution in [-0.2, 0) is 16.1 Å². The van der Waals surface area contributed by atoms with Gasteiger partial charge in [0.1, 0.15) is 13.2 Å². The quantitative estimate of drug-likeness (QED) is 0.846. The fourth-order valence-electron chi connectivity index (χ4n) is 1.28. The van der Waals surface area contributed by atoms with E-state index in [9.17, 15) is 9.59 Å². The molecule has 5 heteroatoms. The van der Waals surface area contributed by atoms with Crippen LogP contribution >= 0.6 is 0 Å². The molecule has 0 saturated heterocycles. The normalized spacial score (nSPS) is 9.71. The first-order chi connectivity index (χ1) is 8.13. The van der Waals surface area contributed by atoms with Crippen LogP contribution in [0, 0.1) is 0 Å². The molecule has 0 spiro atoms. The molecule has 0 aliphatic heterocycles. The van der Waals surface area contributed by atoms with Crippen molar-refractivity contribution < 1.29 is 19.4 Å². The van der Waals surface area contributed by atoms with Crippen molar-refractivity contribution >= 4 is 12.1 Å². The zero-order valence-electron chi connectivity index (χ0n) is 9.63. The van der Waals surface area contributed by atoms with Gasteiger partial charge < -0.3 is 9.84 Å². The van der Waals surface area contributed by atoms with E-state index in [1.165, 1.54) is 0 Å². The fraction of sp³-hybridized carbons (Fsp3) is 0.333. The van der Waals surface area contributed by atoms with Gasteiger partial charge in [-0.1, -0.05) is 30.3 Å². The van der Waals surface area contributed by atoms with Crippen LogP contribution in [0.5, 0.6) is 0 Å². The van der Waals surface area contributed by atoms with E-state index in [0.29, 0.717) is 6.54 Å². The number of aliphatic carboxylic acids is 1. The molecule has 0 aliphatic carbocycles. The van der Waals surface area contributed by atoms with Gasteiger partial charge in [0.05, 0.1) is 0 Å². The smallest absolute Gasteiger partial charge is 0.410 e. The van der Waals surface area contributed by atoms with Crippen molar-refractivity contribution in [2.24, 2.45) is 0 Å². The van der Waals surface area contributed by atoms with Gasteiger partial charge in [-0.15, -0.1) is 0 Å². The number of hydrogen-bond acceptors (Lipinski definition) is 3. The molecule has 1 aromatic rings. The summed E-state index contributed by atoms with van der Waals surface area (Å²) in [5.41, 5.74) is 0.868. The third-order valence-corrected chi connectivity index (χ3v) is 2.17. The van der Waals surface area contributed by atoms with Gasteiger partial charge >= 0.3 is 12.1 Å². The number of likely N-dealkylation sites (N-methyl/N-ethyl adjacent to an activating group) is 1. The SMILES string of the molecule is CCN(CC(=O)O)C(=O)OCc1ccccc1. The Hall–Kier alpha value is -2.04. The maximum Gasteiger partial charge on any atom is 0.410 e. The van der Waals surface area contributed by atoms with Crippen LogP contribution in [0.25, 0.3) is 0 Å². The molecule has 17 heavy (non-hydrogen) atoms. The number of carbonyl (C=O) groups is 2. The second-order valence-electron chi connectivity index (χ2n) is 3.45. The molecule has 0 bridgehead atoms. The van der Waals surface area contributed by atoms with Crippen LogP contribution in [0.4, 0.5) is 4.79 Å². The van der Waals surface area contributed by atoms with Gasteiger partial charge in [0, 0.05) is 6.54 Å². The maximum absolute atomic E-state index is 11.5. The summed E-state index contributed by atoms with van der Waals surface area (Å²) in [6.07, 6.45) is -0.612. The number of carboxylic acid groups (broad SMARTS) is 1. The van der Waals surface area contributed by atoms with Gasteiger partial charge in [0.2, 0.25) is 0 Å². The Morgan fingerprint density at radius 1 is 1.29 bits per heavy atom. The number of nitrogens with zero attached hydrogens (tertiary/aromatic N) is 1. The Kier molecular flexibility index (Phi) is 5.00. The lowest BCUT2D eigenvalue weighted by atomic mass is 10.2. The van der Waals surface area contributed by atoms with Crippen molar-refractivity contribution in [1.29, 1.82) is 0 Å². The van der Waals surface area contributed by atoms with Crippen molar-refractivity contribution in [3.05, 3.63) is 35.9 Å². The summed E-state index contributed by atoms with van der Waals surface area (Å²) < 4.78 is 5.01. The molecule has 0 aromatic heterocycles. The van der Waals surface area contributed by atoms with E-state index in [2.05, 4.69) is 0 Å². The molecule has 0 fully saturated rings. The van der Waals surface area contributed by atoms with E-state index in [4.69, 9.17) is 9.84 Å². The summed E-state index contributed by atoms with van der Waals surface area (Å²) in [5, 5.41) is 8.60. The minimum Gasteiger partial charge on any atom is -0.480 e. The average Bonchev–Trinajstić information content (AvgIpc) is 2.34. The summed E-state index contributed by atoms with van der Waals surface area (Å²) >= 11 is 0. The number of carbonyl (C=O) groups excluding carboxylic acids is 1. The highest BCUT2D eigenvalue weighted by Gasteiger charge is 2.15. The Morgan fingerprint density at radius 3 is 2.47 bits per heavy atom. The van der Waals surface area contributed by atoms with Crippen LogP contribution in [0.2, 0.25) is 0 Å². The molecule has 0 aliphatic rings. The third kappa shape index (κ3) is 4.55. The molecule has 0 heterocycles. The topological polar surface area (TPSA) is 66.8 Å². The maximum atomic E-state index is 11.5. The van der Waals surface area contributed by atoms with Gasteiger partial charge in [-0.3, -0.25) is 9.69 Å². The minimum absolute atomic E-state index is 0.149. The number of rotatable bonds is 5. The summed E-state index contributed by atoms with van der Waals surface area (Å²) in [6, 6.07) is 9.23. The second-order valence-corrected chi connectivity index (χ2v) is 3.45. The standard InChI is InChI=1S/C12H15NO4/c1-2-13(8-11(14)15)12(16)17-9-10-6-4-3-5-7-10/h3-7H,2,8-9H2,1H3,(H,14,15). The molecule has 0 atom stereocenters. The van der Waals surface area contributed by atoms with Crippen molar-refractivity contribution in [3.63, 3.8) is 0 Å². The van der Waals surface area contributed by atoms with Crippen molar-refractivity contribution in [3.8, 4) is 0 Å². The molecular formula is C12H15NO4. The molecule has 1 amide bonds. The average molecular weight is 237 g/mol. The van der Waals surface area contributed by atoms with Crippen LogP contribution < -0.4 is 0 Å². The number of benzene rings is 1. The third-order valence-electron chi connectivity index (χ3n) is 2.17.